The van der Waals surface area contributed by atoms with E-state index in [1.54, 1.807) is 0 Å². The van der Waals surface area contributed by atoms with Gasteiger partial charge in [0.1, 0.15) is 0 Å². The van der Waals surface area contributed by atoms with Gasteiger partial charge in [0.15, 0.2) is 0 Å². The maximum atomic E-state index is 11.9. The van der Waals surface area contributed by atoms with Crippen LogP contribution in [0.25, 0.3) is 0 Å². The summed E-state index contributed by atoms with van der Waals surface area (Å²) in [6, 6.07) is 5.65. The quantitative estimate of drug-likeness (QED) is 0.639. The highest BCUT2D eigenvalue weighted by molar-refractivity contribution is 5.96. The number of anilines is 1. The number of carbonyl (C=O) groups excluding carboxylic acids is 2. The van der Waals surface area contributed by atoms with Gasteiger partial charge in [0, 0.05) is 0 Å². The first-order chi connectivity index (χ1) is 8.36. The van der Waals surface area contributed by atoms with Gasteiger partial charge in [-0.2, -0.15) is 13.2 Å². The van der Waals surface area contributed by atoms with Crippen LogP contribution in [0, 0.1) is 0 Å². The van der Waals surface area contributed by atoms with Crippen LogP contribution in [-0.2, 0) is 9.53 Å². The molecule has 0 aliphatic rings. The molecule has 1 amide bonds. The van der Waals surface area contributed by atoms with Crippen LogP contribution in [0.5, 0.6) is 0 Å². The van der Waals surface area contributed by atoms with E-state index in [0.29, 0.717) is 0 Å². The van der Waals surface area contributed by atoms with Gasteiger partial charge in [0.2, 0.25) is 0 Å². The highest BCUT2D eigenvalue weighted by Gasteiger charge is 2.38. The minimum absolute atomic E-state index is 0.00181. The molecule has 98 valence electrons. The van der Waals surface area contributed by atoms with Gasteiger partial charge in [-0.05, 0) is 12.1 Å². The standard InChI is InChI=1S/C10H9F3N2O3/c1-18-8(16)6-4-2-3-5-7(6)14-15-9(17)10(11,12)13/h2-5,14H,1H3,(H,15,17). The third-order valence-corrected chi connectivity index (χ3v) is 1.90. The van der Waals surface area contributed by atoms with Gasteiger partial charge in [-0.1, -0.05) is 12.1 Å². The van der Waals surface area contributed by atoms with Gasteiger partial charge in [-0.25, -0.2) is 4.79 Å². The number of amides is 1. The second-order valence-electron chi connectivity index (χ2n) is 3.11. The predicted octanol–water partition coefficient (Wildman–Crippen LogP) is 1.48. The Morgan fingerprint density at radius 1 is 1.22 bits per heavy atom. The molecule has 0 saturated carbocycles. The second kappa shape index (κ2) is 5.39. The smallest absolute Gasteiger partial charge is 0.465 e. The third-order valence-electron chi connectivity index (χ3n) is 1.90. The number of hydrogen-bond donors (Lipinski definition) is 2. The summed E-state index contributed by atoms with van der Waals surface area (Å²) in [7, 11) is 1.13. The molecule has 18 heavy (non-hydrogen) atoms. The average Bonchev–Trinajstić information content (AvgIpc) is 2.34. The zero-order chi connectivity index (χ0) is 13.8. The van der Waals surface area contributed by atoms with Crippen LogP contribution in [0.4, 0.5) is 18.9 Å². The van der Waals surface area contributed by atoms with Crippen molar-refractivity contribution in [1.82, 2.24) is 5.43 Å². The van der Waals surface area contributed by atoms with E-state index in [1.165, 1.54) is 29.7 Å². The first-order valence-electron chi connectivity index (χ1n) is 4.66. The van der Waals surface area contributed by atoms with Crippen molar-refractivity contribution in [3.8, 4) is 0 Å². The molecule has 0 fully saturated rings. The van der Waals surface area contributed by atoms with Crippen molar-refractivity contribution in [2.75, 3.05) is 12.5 Å². The third kappa shape index (κ3) is 3.37. The molecule has 0 saturated heterocycles. The molecule has 2 N–H and O–H groups in total. The lowest BCUT2D eigenvalue weighted by molar-refractivity contribution is -0.173. The molecule has 0 aliphatic carbocycles. The molecule has 0 atom stereocenters. The van der Waals surface area contributed by atoms with Crippen LogP contribution < -0.4 is 10.9 Å². The number of hydrazine groups is 1. The fourth-order valence-electron chi connectivity index (χ4n) is 1.08. The number of halogens is 3. The summed E-state index contributed by atoms with van der Waals surface area (Å²) >= 11 is 0. The van der Waals surface area contributed by atoms with Gasteiger partial charge < -0.3 is 4.74 Å². The maximum Gasteiger partial charge on any atom is 0.472 e. The molecule has 0 unspecified atom stereocenters. The summed E-state index contributed by atoms with van der Waals surface area (Å²) in [6.07, 6.45) is -5.01. The first-order valence-corrected chi connectivity index (χ1v) is 4.66. The van der Waals surface area contributed by atoms with Crippen LogP contribution in [0.2, 0.25) is 0 Å². The van der Waals surface area contributed by atoms with E-state index in [9.17, 15) is 22.8 Å². The summed E-state index contributed by atoms with van der Waals surface area (Å²) in [6.45, 7) is 0. The van der Waals surface area contributed by atoms with Crippen LogP contribution >= 0.6 is 0 Å². The van der Waals surface area contributed by atoms with Gasteiger partial charge in [0.25, 0.3) is 0 Å². The van der Waals surface area contributed by atoms with Gasteiger partial charge in [0.05, 0.1) is 18.4 Å². The Kier molecular flexibility index (Phi) is 4.13. The van der Waals surface area contributed by atoms with Crippen LogP contribution in [0.3, 0.4) is 0 Å². The number of rotatable bonds is 3. The summed E-state index contributed by atoms with van der Waals surface area (Å²) < 4.78 is 40.2. The minimum Gasteiger partial charge on any atom is -0.465 e. The molecule has 0 heterocycles. The topological polar surface area (TPSA) is 67.4 Å². The lowest BCUT2D eigenvalue weighted by atomic mass is 10.2. The molecule has 0 spiro atoms. The Balaban J connectivity index is 2.80. The molecule has 5 nitrogen and oxygen atoms in total. The number of alkyl halides is 3. The number of esters is 1. The molecular weight excluding hydrogens is 253 g/mol. The molecule has 0 bridgehead atoms. The fraction of sp³-hybridized carbons (Fsp3) is 0.200. The van der Waals surface area contributed by atoms with Crippen LogP contribution in [0.1, 0.15) is 10.4 Å². The summed E-state index contributed by atoms with van der Waals surface area (Å²) in [4.78, 5) is 21.9. The van der Waals surface area contributed by atoms with E-state index >= 15 is 0 Å². The Labute approximate surface area is 99.9 Å². The number of methoxy groups -OCH3 is 1. The van der Waals surface area contributed by atoms with E-state index in [4.69, 9.17) is 0 Å². The van der Waals surface area contributed by atoms with Crippen LogP contribution in [-0.4, -0.2) is 25.2 Å². The average molecular weight is 262 g/mol. The predicted molar refractivity (Wildman–Crippen MR) is 55.6 cm³/mol. The summed E-state index contributed by atoms with van der Waals surface area (Å²) in [5, 5.41) is 0. The van der Waals surface area contributed by atoms with Crippen molar-refractivity contribution in [2.24, 2.45) is 0 Å². The molecule has 1 aromatic carbocycles. The Bertz CT molecular complexity index is 460. The molecule has 0 aliphatic heterocycles. The monoisotopic (exact) mass is 262 g/mol. The van der Waals surface area contributed by atoms with Gasteiger partial charge in [-0.3, -0.25) is 15.6 Å². The highest BCUT2D eigenvalue weighted by atomic mass is 19.4. The zero-order valence-electron chi connectivity index (χ0n) is 9.17. The van der Waals surface area contributed by atoms with E-state index in [2.05, 4.69) is 4.74 Å². The lowest BCUT2D eigenvalue weighted by Gasteiger charge is -2.12. The lowest BCUT2D eigenvalue weighted by Crippen LogP contribution is -2.40. The minimum atomic E-state index is -5.01. The molecule has 0 radical (unpaired) electrons. The zero-order valence-corrected chi connectivity index (χ0v) is 9.17. The Morgan fingerprint density at radius 3 is 2.39 bits per heavy atom. The van der Waals surface area contributed by atoms with E-state index in [0.717, 1.165) is 7.11 Å². The molecule has 1 rings (SSSR count). The second-order valence-corrected chi connectivity index (χ2v) is 3.11. The van der Waals surface area contributed by atoms with Gasteiger partial charge >= 0.3 is 18.1 Å². The maximum absolute atomic E-state index is 11.9. The Morgan fingerprint density at radius 2 is 1.83 bits per heavy atom. The van der Waals surface area contributed by atoms with Crippen molar-refractivity contribution < 1.29 is 27.5 Å². The molecular formula is C10H9F3N2O3. The van der Waals surface area contributed by atoms with E-state index in [1.807, 2.05) is 5.43 Å². The largest absolute Gasteiger partial charge is 0.472 e. The first kappa shape index (κ1) is 13.8. The number of nitrogens with one attached hydrogen (secondary N) is 2. The van der Waals surface area contributed by atoms with Crippen molar-refractivity contribution in [1.29, 1.82) is 0 Å². The van der Waals surface area contributed by atoms with E-state index in [-0.39, 0.29) is 11.3 Å². The summed E-state index contributed by atoms with van der Waals surface area (Å²) in [5.41, 5.74) is 3.46. The molecule has 1 aromatic rings. The Hall–Kier alpha value is -2.25. The van der Waals surface area contributed by atoms with Crippen LogP contribution in [0.15, 0.2) is 24.3 Å². The van der Waals surface area contributed by atoms with Crippen molar-refractivity contribution in [3.63, 3.8) is 0 Å². The SMILES string of the molecule is COC(=O)c1ccccc1NNC(=O)C(F)(F)F. The van der Waals surface area contributed by atoms with Crippen molar-refractivity contribution in [3.05, 3.63) is 29.8 Å². The van der Waals surface area contributed by atoms with E-state index < -0.39 is 18.1 Å². The molecule has 0 aromatic heterocycles. The molecule has 8 heteroatoms. The number of carbonyl (C=O) groups is 2. The normalized spacial score (nSPS) is 10.7. The van der Waals surface area contributed by atoms with Gasteiger partial charge in [-0.15, -0.1) is 0 Å². The highest BCUT2D eigenvalue weighted by Crippen LogP contribution is 2.17. The number of ether oxygens (including phenoxy) is 1. The fourth-order valence-corrected chi connectivity index (χ4v) is 1.08. The van der Waals surface area contributed by atoms with Crippen molar-refractivity contribution >= 4 is 17.6 Å². The number of benzene rings is 1. The summed E-state index contributed by atoms with van der Waals surface area (Å²) in [5.74, 6) is -2.90. The van der Waals surface area contributed by atoms with Crippen molar-refractivity contribution in [2.45, 2.75) is 6.18 Å². The number of para-hydroxylation sites is 1. The number of hydrogen-bond acceptors (Lipinski definition) is 4.